The maximum atomic E-state index is 13.3. The van der Waals surface area contributed by atoms with E-state index in [1.165, 1.54) is 11.7 Å². The molecule has 0 saturated carbocycles. The molecule has 4 heterocycles. The summed E-state index contributed by atoms with van der Waals surface area (Å²) in [6.45, 7) is 1.67. The molecule has 0 bridgehead atoms. The van der Waals surface area contributed by atoms with Crippen LogP contribution in [0, 0.1) is 11.3 Å². The Labute approximate surface area is 182 Å². The van der Waals surface area contributed by atoms with E-state index in [0.29, 0.717) is 39.2 Å². The van der Waals surface area contributed by atoms with Crippen LogP contribution in [0.1, 0.15) is 35.6 Å². The summed E-state index contributed by atoms with van der Waals surface area (Å²) in [5, 5.41) is 21.5. The minimum Gasteiger partial charge on any atom is -0.468 e. The number of methoxy groups -OCH3 is 1. The second-order valence-electron chi connectivity index (χ2n) is 7.76. The highest BCUT2D eigenvalue weighted by Crippen LogP contribution is 2.40. The van der Waals surface area contributed by atoms with Gasteiger partial charge in [0.15, 0.2) is 12.4 Å². The van der Waals surface area contributed by atoms with E-state index in [9.17, 15) is 20.0 Å². The normalized spacial score (nSPS) is 18.5. The molecule has 1 atom stereocenters. The summed E-state index contributed by atoms with van der Waals surface area (Å²) in [6, 6.07) is 9.05. The van der Waals surface area contributed by atoms with E-state index < -0.39 is 11.6 Å². The lowest BCUT2D eigenvalue weighted by molar-refractivity contribution is -0.172. The Kier molecular flexibility index (Phi) is 4.51. The van der Waals surface area contributed by atoms with E-state index >= 15 is 0 Å². The summed E-state index contributed by atoms with van der Waals surface area (Å²) in [7, 11) is 1.52. The molecule has 2 aromatic heterocycles. The van der Waals surface area contributed by atoms with Crippen molar-refractivity contribution < 1.29 is 24.1 Å². The minimum atomic E-state index is -1.90. The summed E-state index contributed by atoms with van der Waals surface area (Å²) in [5.74, 6) is -0.243. The highest BCUT2D eigenvalue weighted by atomic mass is 16.7. The van der Waals surface area contributed by atoms with E-state index in [4.69, 9.17) is 19.2 Å². The molecule has 3 aromatic rings. The van der Waals surface area contributed by atoms with Gasteiger partial charge in [0.1, 0.15) is 18.4 Å². The molecule has 0 radical (unpaired) electrons. The molecule has 0 fully saturated rings. The van der Waals surface area contributed by atoms with E-state index in [1.807, 2.05) is 0 Å². The summed E-state index contributed by atoms with van der Waals surface area (Å²) < 4.78 is 17.0. The maximum Gasteiger partial charge on any atom is 0.343 e. The van der Waals surface area contributed by atoms with Crippen molar-refractivity contribution in [2.24, 2.45) is 0 Å². The van der Waals surface area contributed by atoms with Crippen LogP contribution in [-0.2, 0) is 33.0 Å². The predicted octanol–water partition coefficient (Wildman–Crippen LogP) is 1.93. The SMILES string of the molecule is CCC1(O)C(=O)OCc2c1cc1n(c2=O)Cc2c-1nc1ccc(OCOC)cc1c2C#N. The minimum absolute atomic E-state index is 0.0629. The zero-order valence-corrected chi connectivity index (χ0v) is 17.5. The van der Waals surface area contributed by atoms with Gasteiger partial charge in [0, 0.05) is 23.6 Å². The fraction of sp³-hybridized carbons (Fsp3) is 0.304. The molecule has 9 heteroatoms. The van der Waals surface area contributed by atoms with Crippen LogP contribution in [0.15, 0.2) is 29.1 Å². The fourth-order valence-corrected chi connectivity index (χ4v) is 4.40. The average molecular weight is 433 g/mol. The third-order valence-electron chi connectivity index (χ3n) is 6.11. The fourth-order valence-electron chi connectivity index (χ4n) is 4.40. The highest BCUT2D eigenvalue weighted by Gasteiger charge is 2.45. The van der Waals surface area contributed by atoms with Crippen LogP contribution in [0.5, 0.6) is 5.75 Å². The van der Waals surface area contributed by atoms with Gasteiger partial charge < -0.3 is 23.9 Å². The van der Waals surface area contributed by atoms with Gasteiger partial charge in [-0.15, -0.1) is 0 Å². The van der Waals surface area contributed by atoms with Crippen molar-refractivity contribution in [1.29, 1.82) is 5.26 Å². The molecule has 5 rings (SSSR count). The third kappa shape index (κ3) is 2.67. The Morgan fingerprint density at radius 1 is 1.31 bits per heavy atom. The van der Waals surface area contributed by atoms with Crippen LogP contribution in [-0.4, -0.2) is 34.5 Å². The van der Waals surface area contributed by atoms with Gasteiger partial charge in [0.25, 0.3) is 5.56 Å². The molecular weight excluding hydrogens is 414 g/mol. The van der Waals surface area contributed by atoms with E-state index in [1.54, 1.807) is 31.2 Å². The molecule has 0 saturated heterocycles. The maximum absolute atomic E-state index is 13.3. The van der Waals surface area contributed by atoms with Crippen LogP contribution < -0.4 is 10.3 Å². The molecule has 1 aromatic carbocycles. The lowest BCUT2D eigenvalue weighted by Gasteiger charge is -2.31. The predicted molar refractivity (Wildman–Crippen MR) is 112 cm³/mol. The van der Waals surface area contributed by atoms with Gasteiger partial charge in [-0.2, -0.15) is 5.26 Å². The first kappa shape index (κ1) is 20.2. The Hall–Kier alpha value is -3.74. The number of hydrogen-bond donors (Lipinski definition) is 1. The Morgan fingerprint density at radius 3 is 2.84 bits per heavy atom. The largest absolute Gasteiger partial charge is 0.468 e. The number of nitrogens with zero attached hydrogens (tertiary/aromatic N) is 3. The molecule has 2 aliphatic heterocycles. The molecule has 162 valence electrons. The quantitative estimate of drug-likeness (QED) is 0.383. The van der Waals surface area contributed by atoms with Crippen molar-refractivity contribution in [1.82, 2.24) is 9.55 Å². The second-order valence-corrected chi connectivity index (χ2v) is 7.76. The van der Waals surface area contributed by atoms with Gasteiger partial charge in [-0.3, -0.25) is 4.79 Å². The van der Waals surface area contributed by atoms with Crippen LogP contribution in [0.25, 0.3) is 22.3 Å². The molecular formula is C23H19N3O6. The zero-order chi connectivity index (χ0) is 22.6. The monoisotopic (exact) mass is 433 g/mol. The van der Waals surface area contributed by atoms with Crippen LogP contribution >= 0.6 is 0 Å². The first-order chi connectivity index (χ1) is 15.4. The zero-order valence-electron chi connectivity index (χ0n) is 17.5. The van der Waals surface area contributed by atoms with Crippen molar-refractivity contribution in [3.8, 4) is 23.2 Å². The molecule has 1 N–H and O–H groups in total. The van der Waals surface area contributed by atoms with E-state index in [0.717, 1.165) is 0 Å². The Balaban J connectivity index is 1.75. The van der Waals surface area contributed by atoms with Crippen LogP contribution in [0.4, 0.5) is 0 Å². The number of cyclic esters (lactones) is 1. The van der Waals surface area contributed by atoms with E-state index in [2.05, 4.69) is 6.07 Å². The van der Waals surface area contributed by atoms with Crippen LogP contribution in [0.2, 0.25) is 0 Å². The standard InChI is InChI=1S/C23H19N3O6/c1-3-23(29)17-7-19-20-15(9-26(19)21(27)16(17)10-31-22(23)28)14(8-24)13-6-12(32-11-30-2)4-5-18(13)25-20/h4-7,29H,3,9-11H2,1-2H3. The highest BCUT2D eigenvalue weighted by molar-refractivity contribution is 5.91. The summed E-state index contributed by atoms with van der Waals surface area (Å²) in [4.78, 5) is 30.3. The smallest absolute Gasteiger partial charge is 0.343 e. The number of benzene rings is 1. The lowest BCUT2D eigenvalue weighted by Crippen LogP contribution is -2.44. The number of rotatable bonds is 4. The van der Waals surface area contributed by atoms with Crippen molar-refractivity contribution in [2.45, 2.75) is 32.1 Å². The number of carbonyl (C=O) groups excluding carboxylic acids is 1. The van der Waals surface area contributed by atoms with Gasteiger partial charge in [-0.25, -0.2) is 9.78 Å². The number of carbonyl (C=O) groups is 1. The lowest BCUT2D eigenvalue weighted by atomic mass is 9.86. The molecule has 2 aliphatic rings. The molecule has 32 heavy (non-hydrogen) atoms. The van der Waals surface area contributed by atoms with Gasteiger partial charge in [0.2, 0.25) is 0 Å². The number of ether oxygens (including phenoxy) is 3. The second kappa shape index (κ2) is 7.15. The molecule has 9 nitrogen and oxygen atoms in total. The van der Waals surface area contributed by atoms with Crippen molar-refractivity contribution >= 4 is 16.9 Å². The molecule has 0 spiro atoms. The van der Waals surface area contributed by atoms with Crippen LogP contribution in [0.3, 0.4) is 0 Å². The van der Waals surface area contributed by atoms with Crippen molar-refractivity contribution in [3.63, 3.8) is 0 Å². The average Bonchev–Trinajstić information content (AvgIpc) is 3.17. The van der Waals surface area contributed by atoms with Gasteiger partial charge in [0.05, 0.1) is 34.6 Å². The van der Waals surface area contributed by atoms with Crippen molar-refractivity contribution in [3.05, 3.63) is 56.9 Å². The number of aromatic nitrogens is 2. The Morgan fingerprint density at radius 2 is 2.12 bits per heavy atom. The summed E-state index contributed by atoms with van der Waals surface area (Å²) >= 11 is 0. The molecule has 0 aliphatic carbocycles. The number of pyridine rings is 2. The summed E-state index contributed by atoms with van der Waals surface area (Å²) in [6.07, 6.45) is 0.0629. The van der Waals surface area contributed by atoms with Gasteiger partial charge in [-0.05, 0) is 30.7 Å². The number of aliphatic hydroxyl groups is 1. The van der Waals surface area contributed by atoms with Gasteiger partial charge in [-0.1, -0.05) is 6.92 Å². The third-order valence-corrected chi connectivity index (χ3v) is 6.11. The van der Waals surface area contributed by atoms with Gasteiger partial charge >= 0.3 is 5.97 Å². The molecule has 1 unspecified atom stereocenters. The first-order valence-electron chi connectivity index (χ1n) is 10.1. The topological polar surface area (TPSA) is 124 Å². The number of esters is 1. The number of fused-ring (bicyclic) bond motifs is 5. The number of hydrogen-bond acceptors (Lipinski definition) is 8. The first-order valence-corrected chi connectivity index (χ1v) is 10.1. The molecule has 0 amide bonds. The number of nitriles is 1. The Bertz CT molecular complexity index is 1400. The summed E-state index contributed by atoms with van der Waals surface area (Å²) in [5.41, 5.74) is 0.727. The van der Waals surface area contributed by atoms with Crippen molar-refractivity contribution in [2.75, 3.05) is 13.9 Å². The van der Waals surface area contributed by atoms with E-state index in [-0.39, 0.29) is 43.1 Å².